The van der Waals surface area contributed by atoms with Crippen LogP contribution in [0, 0.1) is 5.92 Å². The van der Waals surface area contributed by atoms with Crippen molar-refractivity contribution in [1.82, 2.24) is 34.7 Å². The smallest absolute Gasteiger partial charge is 0.405 e. The highest BCUT2D eigenvalue weighted by Crippen LogP contribution is 2.28. The van der Waals surface area contributed by atoms with Gasteiger partial charge in [0.15, 0.2) is 5.82 Å². The lowest BCUT2D eigenvalue weighted by atomic mass is 9.97. The van der Waals surface area contributed by atoms with E-state index in [9.17, 15) is 23.5 Å². The summed E-state index contributed by atoms with van der Waals surface area (Å²) in [7, 11) is 0. The number of benzene rings is 1. The minimum absolute atomic E-state index is 0.0292. The number of imidazole rings is 1. The molecule has 0 bridgehead atoms. The molecule has 2 atom stereocenters. The third-order valence-corrected chi connectivity index (χ3v) is 7.51. The van der Waals surface area contributed by atoms with Crippen molar-refractivity contribution in [2.45, 2.75) is 32.7 Å². The number of hydrogen-bond donors (Lipinski definition) is 2. The standard InChI is InChI=1S/C26H33F2N9O4/c1-3-16(2)19(30-26(39)40)22(38)34-8-10-35(11-9-34)23-31-24(36-12-14-41-15-13-36)33-25(32-23)37-18-7-5-4-6-17(18)29-21(37)20(27)28/h4-7,16,19-20,30H,3,8-15H2,1-2H3,(H,39,40)/t16-,19-/m0/s1. The Hall–Kier alpha value is -4.14. The fourth-order valence-electron chi connectivity index (χ4n) is 5.03. The lowest BCUT2D eigenvalue weighted by Gasteiger charge is -2.37. The Morgan fingerprint density at radius 3 is 2.17 bits per heavy atom. The van der Waals surface area contributed by atoms with Crippen LogP contribution in [-0.2, 0) is 9.53 Å². The molecule has 0 spiro atoms. The van der Waals surface area contributed by atoms with Crippen LogP contribution >= 0.6 is 0 Å². The van der Waals surface area contributed by atoms with E-state index < -0.39 is 24.4 Å². The summed E-state index contributed by atoms with van der Waals surface area (Å²) in [5.41, 5.74) is 0.848. The highest BCUT2D eigenvalue weighted by Gasteiger charge is 2.33. The summed E-state index contributed by atoms with van der Waals surface area (Å²) in [6.07, 6.45) is -3.47. The Bertz CT molecular complexity index is 1390. The number of rotatable bonds is 8. The van der Waals surface area contributed by atoms with Gasteiger partial charge in [0.25, 0.3) is 6.43 Å². The molecule has 2 saturated heterocycles. The Balaban J connectivity index is 1.46. The molecule has 0 aliphatic carbocycles. The van der Waals surface area contributed by atoms with Crippen molar-refractivity contribution >= 4 is 34.9 Å². The summed E-state index contributed by atoms with van der Waals surface area (Å²) in [6.45, 7) is 7.13. The fourth-order valence-corrected chi connectivity index (χ4v) is 5.03. The predicted octanol–water partition coefficient (Wildman–Crippen LogP) is 2.32. The van der Waals surface area contributed by atoms with E-state index in [-0.39, 0.29) is 17.8 Å². The van der Waals surface area contributed by atoms with Gasteiger partial charge in [-0.2, -0.15) is 15.0 Å². The molecule has 2 N–H and O–H groups in total. The summed E-state index contributed by atoms with van der Waals surface area (Å²) in [5, 5.41) is 11.6. The molecule has 2 aromatic heterocycles. The van der Waals surface area contributed by atoms with E-state index in [0.29, 0.717) is 81.8 Å². The zero-order valence-corrected chi connectivity index (χ0v) is 22.9. The van der Waals surface area contributed by atoms with Crippen molar-refractivity contribution in [2.24, 2.45) is 5.92 Å². The molecule has 0 saturated carbocycles. The molecule has 2 amide bonds. The highest BCUT2D eigenvalue weighted by molar-refractivity contribution is 5.86. The van der Waals surface area contributed by atoms with Crippen molar-refractivity contribution in [3.05, 3.63) is 30.1 Å². The molecule has 4 heterocycles. The second-order valence-corrected chi connectivity index (χ2v) is 10.1. The molecule has 2 aliphatic heterocycles. The van der Waals surface area contributed by atoms with Gasteiger partial charge in [0.1, 0.15) is 6.04 Å². The number of ether oxygens (including phenoxy) is 1. The van der Waals surface area contributed by atoms with Gasteiger partial charge in [0.05, 0.1) is 24.2 Å². The molecule has 13 nitrogen and oxygen atoms in total. The summed E-state index contributed by atoms with van der Waals surface area (Å²) in [6, 6.07) is 5.97. The Kier molecular flexibility index (Phi) is 8.42. The number of morpholine rings is 1. The quantitative estimate of drug-likeness (QED) is 0.412. The van der Waals surface area contributed by atoms with Crippen LogP contribution in [-0.4, -0.2) is 105 Å². The number of nitrogens with zero attached hydrogens (tertiary/aromatic N) is 8. The first kappa shape index (κ1) is 28.4. The monoisotopic (exact) mass is 573 g/mol. The van der Waals surface area contributed by atoms with E-state index >= 15 is 0 Å². The number of aromatic nitrogens is 5. The number of alkyl halides is 2. The second-order valence-electron chi connectivity index (χ2n) is 10.1. The average Bonchev–Trinajstić information content (AvgIpc) is 3.40. The van der Waals surface area contributed by atoms with Crippen molar-refractivity contribution < 1.29 is 28.2 Å². The fraction of sp³-hybridized carbons (Fsp3) is 0.538. The lowest BCUT2D eigenvalue weighted by Crippen LogP contribution is -2.56. The summed E-state index contributed by atoms with van der Waals surface area (Å²) in [4.78, 5) is 48.0. The molecule has 1 aromatic carbocycles. The maximum Gasteiger partial charge on any atom is 0.405 e. The van der Waals surface area contributed by atoms with E-state index in [4.69, 9.17) is 9.72 Å². The van der Waals surface area contributed by atoms with Crippen LogP contribution in [0.3, 0.4) is 0 Å². The molecule has 5 rings (SSSR count). The van der Waals surface area contributed by atoms with Crippen LogP contribution in [0.2, 0.25) is 0 Å². The predicted molar refractivity (Wildman–Crippen MR) is 146 cm³/mol. The van der Waals surface area contributed by atoms with Crippen LogP contribution in [0.15, 0.2) is 24.3 Å². The number of carboxylic acid groups (broad SMARTS) is 1. The van der Waals surface area contributed by atoms with Gasteiger partial charge in [-0.1, -0.05) is 32.4 Å². The minimum atomic E-state index is -2.86. The SMILES string of the molecule is CC[C@H](C)[C@H](NC(=O)O)C(=O)N1CCN(c2nc(N3CCOCC3)nc(-n3c(C(F)F)nc4ccccc43)n2)CC1. The minimum Gasteiger partial charge on any atom is -0.465 e. The van der Waals surface area contributed by atoms with Gasteiger partial charge < -0.3 is 29.9 Å². The number of amides is 2. The zero-order chi connectivity index (χ0) is 29.1. The maximum absolute atomic E-state index is 14.1. The molecule has 0 unspecified atom stereocenters. The Labute approximate surface area is 235 Å². The number of carbonyl (C=O) groups is 2. The van der Waals surface area contributed by atoms with E-state index in [1.807, 2.05) is 23.6 Å². The first-order valence-electron chi connectivity index (χ1n) is 13.6. The van der Waals surface area contributed by atoms with E-state index in [1.165, 1.54) is 4.57 Å². The van der Waals surface area contributed by atoms with E-state index in [2.05, 4.69) is 20.3 Å². The number of piperazine rings is 1. The molecule has 2 fully saturated rings. The average molecular weight is 574 g/mol. The van der Waals surface area contributed by atoms with E-state index in [0.717, 1.165) is 0 Å². The van der Waals surface area contributed by atoms with Gasteiger partial charge in [0.2, 0.25) is 23.8 Å². The number of anilines is 2. The van der Waals surface area contributed by atoms with Gasteiger partial charge >= 0.3 is 6.09 Å². The number of para-hydroxylation sites is 2. The molecule has 0 radical (unpaired) electrons. The molecule has 15 heteroatoms. The highest BCUT2D eigenvalue weighted by atomic mass is 19.3. The van der Waals surface area contributed by atoms with Crippen LogP contribution < -0.4 is 15.1 Å². The first-order valence-corrected chi connectivity index (χ1v) is 13.6. The van der Waals surface area contributed by atoms with Crippen molar-refractivity contribution in [2.75, 3.05) is 62.3 Å². The Morgan fingerprint density at radius 2 is 1.56 bits per heavy atom. The number of nitrogens with one attached hydrogen (secondary N) is 1. The van der Waals surface area contributed by atoms with Crippen LogP contribution in [0.5, 0.6) is 0 Å². The lowest BCUT2D eigenvalue weighted by molar-refractivity contribution is -0.134. The van der Waals surface area contributed by atoms with Crippen LogP contribution in [0.25, 0.3) is 17.0 Å². The van der Waals surface area contributed by atoms with Crippen LogP contribution in [0.4, 0.5) is 25.5 Å². The number of hydrogen-bond acceptors (Lipinski definition) is 9. The van der Waals surface area contributed by atoms with E-state index in [1.54, 1.807) is 29.2 Å². The summed E-state index contributed by atoms with van der Waals surface area (Å²) in [5.74, 6) is -0.253. The van der Waals surface area contributed by atoms with Crippen LogP contribution in [0.1, 0.15) is 32.5 Å². The van der Waals surface area contributed by atoms with Crippen molar-refractivity contribution in [1.29, 1.82) is 0 Å². The summed E-state index contributed by atoms with van der Waals surface area (Å²) >= 11 is 0. The first-order chi connectivity index (χ1) is 19.8. The molecular formula is C26H33F2N9O4. The second kappa shape index (κ2) is 12.2. The maximum atomic E-state index is 14.1. The zero-order valence-electron chi connectivity index (χ0n) is 22.9. The summed E-state index contributed by atoms with van der Waals surface area (Å²) < 4.78 is 35.0. The third kappa shape index (κ3) is 5.99. The van der Waals surface area contributed by atoms with Crippen molar-refractivity contribution in [3.8, 4) is 5.95 Å². The third-order valence-electron chi connectivity index (χ3n) is 7.51. The molecular weight excluding hydrogens is 540 g/mol. The topological polar surface area (TPSA) is 142 Å². The van der Waals surface area contributed by atoms with Gasteiger partial charge in [-0.3, -0.25) is 9.36 Å². The Morgan fingerprint density at radius 1 is 0.951 bits per heavy atom. The van der Waals surface area contributed by atoms with Gasteiger partial charge in [0, 0.05) is 39.3 Å². The number of carbonyl (C=O) groups excluding carboxylic acids is 1. The number of halogens is 2. The van der Waals surface area contributed by atoms with Crippen molar-refractivity contribution in [3.63, 3.8) is 0 Å². The molecule has 3 aromatic rings. The van der Waals surface area contributed by atoms with Gasteiger partial charge in [-0.15, -0.1) is 0 Å². The molecule has 2 aliphatic rings. The normalized spacial score (nSPS) is 17.6. The largest absolute Gasteiger partial charge is 0.465 e. The van der Waals surface area contributed by atoms with Gasteiger partial charge in [-0.25, -0.2) is 18.6 Å². The van der Waals surface area contributed by atoms with Gasteiger partial charge in [-0.05, 0) is 18.1 Å². The molecule has 220 valence electrons. The molecule has 41 heavy (non-hydrogen) atoms. The number of fused-ring (bicyclic) bond motifs is 1.